The molecule has 1 aromatic rings. The summed E-state index contributed by atoms with van der Waals surface area (Å²) in [5.41, 5.74) is 0.826. The van der Waals surface area contributed by atoms with Crippen LogP contribution >= 0.6 is 0 Å². The van der Waals surface area contributed by atoms with Crippen molar-refractivity contribution in [3.8, 4) is 11.8 Å². The average Bonchev–Trinajstić information content (AvgIpc) is 2.94. The molecule has 2 N–H and O–H groups in total. The fraction of sp³-hybridized carbons (Fsp3) is 0.467. The minimum absolute atomic E-state index is 0.120. The van der Waals surface area contributed by atoms with Gasteiger partial charge in [0.1, 0.15) is 12.3 Å². The molecule has 5 nitrogen and oxygen atoms in total. The number of nitrogens with zero attached hydrogens (tertiary/aromatic N) is 2. The first-order valence-electron chi connectivity index (χ1n) is 6.65. The first-order valence-corrected chi connectivity index (χ1v) is 6.65. The lowest BCUT2D eigenvalue weighted by atomic mass is 10.0. The first kappa shape index (κ1) is 14.5. The molecular weight excluding hydrogens is 256 g/mol. The fourth-order valence-corrected chi connectivity index (χ4v) is 2.33. The van der Waals surface area contributed by atoms with Crippen molar-refractivity contribution in [1.29, 1.82) is 0 Å². The molecule has 0 aromatic carbocycles. The van der Waals surface area contributed by atoms with Gasteiger partial charge in [0.2, 0.25) is 0 Å². The van der Waals surface area contributed by atoms with E-state index in [0.29, 0.717) is 24.3 Å². The van der Waals surface area contributed by atoms with Gasteiger partial charge in [0.15, 0.2) is 0 Å². The first-order chi connectivity index (χ1) is 9.63. The Bertz CT molecular complexity index is 546. The van der Waals surface area contributed by atoms with Gasteiger partial charge in [-0.25, -0.2) is 4.98 Å². The van der Waals surface area contributed by atoms with Crippen LogP contribution in [0.2, 0.25) is 0 Å². The number of rotatable bonds is 2. The number of carbonyl (C=O) groups is 1. The molecule has 5 heteroatoms. The van der Waals surface area contributed by atoms with Crippen LogP contribution in [0.25, 0.3) is 0 Å². The summed E-state index contributed by atoms with van der Waals surface area (Å²) < 4.78 is 0. The van der Waals surface area contributed by atoms with Crippen molar-refractivity contribution in [3.05, 3.63) is 29.6 Å². The maximum Gasteiger partial charge on any atom is 0.273 e. The Morgan fingerprint density at radius 3 is 3.10 bits per heavy atom. The lowest BCUT2D eigenvalue weighted by Gasteiger charge is -2.17. The van der Waals surface area contributed by atoms with Crippen LogP contribution in [0, 0.1) is 17.8 Å². The van der Waals surface area contributed by atoms with Crippen LogP contribution in [0.3, 0.4) is 0 Å². The highest BCUT2D eigenvalue weighted by atomic mass is 16.3. The molecule has 0 spiro atoms. The number of aliphatic hydroxyl groups is 2. The highest BCUT2D eigenvalue weighted by Gasteiger charge is 2.30. The third kappa shape index (κ3) is 3.16. The molecule has 1 aromatic heterocycles. The zero-order chi connectivity index (χ0) is 14.5. The Kier molecular flexibility index (Phi) is 4.72. The van der Waals surface area contributed by atoms with Crippen LogP contribution in [0.4, 0.5) is 0 Å². The topological polar surface area (TPSA) is 73.7 Å². The van der Waals surface area contributed by atoms with Gasteiger partial charge in [-0.15, -0.1) is 0 Å². The molecule has 0 bridgehead atoms. The van der Waals surface area contributed by atoms with Crippen LogP contribution in [0.5, 0.6) is 0 Å². The lowest BCUT2D eigenvalue weighted by molar-refractivity contribution is 0.0756. The van der Waals surface area contributed by atoms with Gasteiger partial charge in [-0.2, -0.15) is 0 Å². The number of hydrogen-bond donors (Lipinski definition) is 2. The second-order valence-corrected chi connectivity index (χ2v) is 4.90. The second-order valence-electron chi connectivity index (χ2n) is 4.90. The standard InChI is InChI=1S/C15H18N2O3/c1-11(19)13-6-8-17(10-13)15(20)14-12(5-3-9-18)4-2-7-16-14/h2,4,7,11,13,18-19H,6,8-10H2,1H3. The summed E-state index contributed by atoms with van der Waals surface area (Å²) in [7, 11) is 0. The quantitative estimate of drug-likeness (QED) is 0.759. The van der Waals surface area contributed by atoms with E-state index in [4.69, 9.17) is 5.11 Å². The third-order valence-corrected chi connectivity index (χ3v) is 3.51. The van der Waals surface area contributed by atoms with Crippen molar-refractivity contribution in [1.82, 2.24) is 9.88 Å². The van der Waals surface area contributed by atoms with Crippen LogP contribution < -0.4 is 0 Å². The maximum absolute atomic E-state index is 12.5. The van der Waals surface area contributed by atoms with Crippen LogP contribution in [0.15, 0.2) is 18.3 Å². The zero-order valence-corrected chi connectivity index (χ0v) is 11.4. The molecule has 2 rings (SSSR count). The fourth-order valence-electron chi connectivity index (χ4n) is 2.33. The molecule has 0 aliphatic carbocycles. The smallest absolute Gasteiger partial charge is 0.273 e. The Morgan fingerprint density at radius 1 is 1.65 bits per heavy atom. The Hall–Kier alpha value is -1.90. The van der Waals surface area contributed by atoms with Crippen LogP contribution in [-0.4, -0.2) is 51.8 Å². The van der Waals surface area contributed by atoms with E-state index < -0.39 is 6.10 Å². The Morgan fingerprint density at radius 2 is 2.45 bits per heavy atom. The molecule has 106 valence electrons. The van der Waals surface area contributed by atoms with Crippen molar-refractivity contribution in [2.24, 2.45) is 5.92 Å². The molecule has 1 amide bonds. The molecule has 1 aliphatic rings. The van der Waals surface area contributed by atoms with E-state index in [-0.39, 0.29) is 18.4 Å². The van der Waals surface area contributed by atoms with E-state index >= 15 is 0 Å². The van der Waals surface area contributed by atoms with E-state index in [0.717, 1.165) is 6.42 Å². The predicted octanol–water partition coefficient (Wildman–Crippen LogP) is 0.268. The van der Waals surface area contributed by atoms with E-state index in [2.05, 4.69) is 16.8 Å². The monoisotopic (exact) mass is 274 g/mol. The van der Waals surface area contributed by atoms with Gasteiger partial charge in [-0.1, -0.05) is 11.8 Å². The number of likely N-dealkylation sites (tertiary alicyclic amines) is 1. The number of aliphatic hydroxyl groups excluding tert-OH is 2. The number of hydrogen-bond acceptors (Lipinski definition) is 4. The van der Waals surface area contributed by atoms with E-state index in [1.165, 1.54) is 0 Å². The molecule has 1 saturated heterocycles. The van der Waals surface area contributed by atoms with Crippen LogP contribution in [0.1, 0.15) is 29.4 Å². The molecular formula is C15H18N2O3. The maximum atomic E-state index is 12.5. The van der Waals surface area contributed by atoms with Crippen molar-refractivity contribution >= 4 is 5.91 Å². The molecule has 0 saturated carbocycles. The predicted molar refractivity (Wildman–Crippen MR) is 73.9 cm³/mol. The molecule has 2 heterocycles. The lowest BCUT2D eigenvalue weighted by Crippen LogP contribution is -2.31. The molecule has 1 aliphatic heterocycles. The Labute approximate surface area is 118 Å². The van der Waals surface area contributed by atoms with Gasteiger partial charge < -0.3 is 15.1 Å². The zero-order valence-electron chi connectivity index (χ0n) is 11.4. The summed E-state index contributed by atoms with van der Waals surface area (Å²) in [5, 5.41) is 18.3. The molecule has 1 fully saturated rings. The minimum atomic E-state index is -0.412. The highest BCUT2D eigenvalue weighted by molar-refractivity contribution is 5.94. The van der Waals surface area contributed by atoms with Gasteiger partial charge in [0.05, 0.1) is 11.7 Å². The summed E-state index contributed by atoms with van der Waals surface area (Å²) >= 11 is 0. The number of amides is 1. The normalized spacial score (nSPS) is 19.4. The molecule has 2 unspecified atom stereocenters. The summed E-state index contributed by atoms with van der Waals surface area (Å²) in [5.74, 6) is 5.22. The summed E-state index contributed by atoms with van der Waals surface area (Å²) in [6, 6.07) is 3.42. The highest BCUT2D eigenvalue weighted by Crippen LogP contribution is 2.21. The number of aromatic nitrogens is 1. The average molecular weight is 274 g/mol. The SMILES string of the molecule is CC(O)C1CCN(C(=O)c2ncccc2C#CCO)C1. The second kappa shape index (κ2) is 6.51. The summed E-state index contributed by atoms with van der Waals surface area (Å²) in [6.45, 7) is 2.66. The van der Waals surface area contributed by atoms with Crippen molar-refractivity contribution in [2.45, 2.75) is 19.4 Å². The van der Waals surface area contributed by atoms with Gasteiger partial charge >= 0.3 is 0 Å². The summed E-state index contributed by atoms with van der Waals surface area (Å²) in [4.78, 5) is 18.3. The number of pyridine rings is 1. The Balaban J connectivity index is 2.18. The van der Waals surface area contributed by atoms with E-state index in [9.17, 15) is 9.90 Å². The minimum Gasteiger partial charge on any atom is -0.393 e. The van der Waals surface area contributed by atoms with Crippen molar-refractivity contribution in [2.75, 3.05) is 19.7 Å². The van der Waals surface area contributed by atoms with Gasteiger partial charge in [0.25, 0.3) is 5.91 Å². The molecule has 0 radical (unpaired) electrons. The third-order valence-electron chi connectivity index (χ3n) is 3.51. The van der Waals surface area contributed by atoms with E-state index in [1.54, 1.807) is 30.2 Å². The number of carbonyl (C=O) groups excluding carboxylic acids is 1. The van der Waals surface area contributed by atoms with E-state index in [1.807, 2.05) is 0 Å². The van der Waals surface area contributed by atoms with Crippen LogP contribution in [-0.2, 0) is 0 Å². The van der Waals surface area contributed by atoms with Gasteiger partial charge in [-0.3, -0.25) is 4.79 Å². The molecule has 2 atom stereocenters. The molecule has 20 heavy (non-hydrogen) atoms. The van der Waals surface area contributed by atoms with Crippen molar-refractivity contribution < 1.29 is 15.0 Å². The largest absolute Gasteiger partial charge is 0.393 e. The van der Waals surface area contributed by atoms with Crippen molar-refractivity contribution in [3.63, 3.8) is 0 Å². The van der Waals surface area contributed by atoms with Gasteiger partial charge in [-0.05, 0) is 25.5 Å². The van der Waals surface area contributed by atoms with Gasteiger partial charge in [0, 0.05) is 25.2 Å². The summed E-state index contributed by atoms with van der Waals surface area (Å²) in [6.07, 6.45) is 1.94.